The zero-order valence-electron chi connectivity index (χ0n) is 17.7. The summed E-state index contributed by atoms with van der Waals surface area (Å²) in [4.78, 5) is 34.0. The Bertz CT molecular complexity index is 1230. The van der Waals surface area contributed by atoms with Crippen molar-refractivity contribution in [3.63, 3.8) is 0 Å². The lowest BCUT2D eigenvalue weighted by molar-refractivity contribution is -0.140. The summed E-state index contributed by atoms with van der Waals surface area (Å²) < 4.78 is 20.4. The highest BCUT2D eigenvalue weighted by Gasteiger charge is 2.32. The van der Waals surface area contributed by atoms with Crippen LogP contribution in [-0.2, 0) is 23.8 Å². The van der Waals surface area contributed by atoms with Crippen molar-refractivity contribution in [2.45, 2.75) is 0 Å². The third kappa shape index (κ3) is 3.71. The normalized spacial score (nSPS) is 13.9. The third-order valence-corrected chi connectivity index (χ3v) is 5.06. The van der Waals surface area contributed by atoms with E-state index in [0.29, 0.717) is 28.3 Å². The maximum absolute atomic E-state index is 12.5. The predicted octanol–water partition coefficient (Wildman–Crippen LogP) is 2.34. The zero-order valence-corrected chi connectivity index (χ0v) is 17.7. The lowest BCUT2D eigenvalue weighted by atomic mass is 10.1. The van der Waals surface area contributed by atoms with Crippen LogP contribution < -0.4 is 9.64 Å². The van der Waals surface area contributed by atoms with Crippen LogP contribution in [0.1, 0.15) is 0 Å². The molecule has 3 aromatic rings. The fraction of sp³-hybridized carbons (Fsp3) is 0.227. The minimum atomic E-state index is -0.671. The lowest BCUT2D eigenvalue weighted by Crippen LogP contribution is -2.38. The summed E-state index contributed by atoms with van der Waals surface area (Å²) in [7, 11) is 3.95. The van der Waals surface area contributed by atoms with E-state index in [-0.39, 0.29) is 30.4 Å². The van der Waals surface area contributed by atoms with E-state index in [2.05, 4.69) is 9.97 Å². The number of hydrogen-bond acceptors (Lipinski definition) is 9. The number of phenolic OH excluding ortho intramolecular Hbond substituents is 1. The smallest absolute Gasteiger partial charge is 0.355 e. The Morgan fingerprint density at radius 1 is 1.09 bits per heavy atom. The number of aromatic hydroxyl groups is 1. The molecule has 1 aliphatic rings. The second kappa shape index (κ2) is 8.60. The van der Waals surface area contributed by atoms with Crippen LogP contribution in [0.3, 0.4) is 0 Å². The second-order valence-corrected chi connectivity index (χ2v) is 6.89. The SMILES string of the molecule is COC(=O)C1=C(C(=O)OC)N(c2ccc3nc(-c4ccc(O)c(OC)c4)[nH]c3c2)COC1. The molecule has 0 unspecified atom stereocenters. The number of aromatic nitrogens is 2. The number of nitrogens with one attached hydrogen (secondary N) is 1. The third-order valence-electron chi connectivity index (χ3n) is 5.06. The Balaban J connectivity index is 1.76. The lowest BCUT2D eigenvalue weighted by Gasteiger charge is -2.31. The summed E-state index contributed by atoms with van der Waals surface area (Å²) in [5, 5.41) is 9.82. The molecule has 2 N–H and O–H groups in total. The number of anilines is 1. The van der Waals surface area contributed by atoms with Gasteiger partial charge in [0.2, 0.25) is 0 Å². The average molecular weight is 439 g/mol. The Labute approximate surface area is 183 Å². The molecule has 10 heteroatoms. The van der Waals surface area contributed by atoms with Gasteiger partial charge < -0.3 is 33.9 Å². The van der Waals surface area contributed by atoms with Crippen LogP contribution >= 0.6 is 0 Å². The number of carbonyl (C=O) groups is 2. The molecule has 0 amide bonds. The van der Waals surface area contributed by atoms with Gasteiger partial charge in [0, 0.05) is 11.3 Å². The minimum Gasteiger partial charge on any atom is -0.504 e. The number of ether oxygens (including phenoxy) is 4. The second-order valence-electron chi connectivity index (χ2n) is 6.89. The summed E-state index contributed by atoms with van der Waals surface area (Å²) in [5.74, 6) is -0.401. The molecular formula is C22H21N3O7. The van der Waals surface area contributed by atoms with E-state index in [1.165, 1.54) is 27.4 Å². The van der Waals surface area contributed by atoms with Gasteiger partial charge in [-0.25, -0.2) is 14.6 Å². The number of rotatable bonds is 5. The molecule has 0 saturated carbocycles. The molecule has 4 rings (SSSR count). The monoisotopic (exact) mass is 439 g/mol. The molecule has 0 fully saturated rings. The van der Waals surface area contributed by atoms with E-state index in [9.17, 15) is 14.7 Å². The molecule has 2 heterocycles. The van der Waals surface area contributed by atoms with Gasteiger partial charge in [0.25, 0.3) is 0 Å². The molecule has 0 aliphatic carbocycles. The number of imidazole rings is 1. The van der Waals surface area contributed by atoms with Gasteiger partial charge in [-0.3, -0.25) is 0 Å². The van der Waals surface area contributed by atoms with Crippen LogP contribution in [0.5, 0.6) is 11.5 Å². The molecule has 0 radical (unpaired) electrons. The summed E-state index contributed by atoms with van der Waals surface area (Å²) in [6.07, 6.45) is 0. The van der Waals surface area contributed by atoms with Crippen LogP contribution in [0.4, 0.5) is 5.69 Å². The molecule has 1 aromatic heterocycles. The van der Waals surface area contributed by atoms with Crippen molar-refractivity contribution >= 4 is 28.7 Å². The standard InChI is InChI=1S/C22H21N3O7/c1-29-18-8-12(4-7-17(18)26)20-23-15-6-5-13(9-16(15)24-20)25-11-32-10-14(21(27)30-2)19(25)22(28)31-3/h4-9,26H,10-11H2,1-3H3,(H,23,24). The number of nitrogens with zero attached hydrogens (tertiary/aromatic N) is 2. The maximum atomic E-state index is 12.5. The molecule has 32 heavy (non-hydrogen) atoms. The largest absolute Gasteiger partial charge is 0.504 e. The van der Waals surface area contributed by atoms with Crippen molar-refractivity contribution in [1.29, 1.82) is 0 Å². The molecule has 166 valence electrons. The van der Waals surface area contributed by atoms with E-state index in [0.717, 1.165) is 5.56 Å². The highest BCUT2D eigenvalue weighted by Crippen LogP contribution is 2.33. The Kier molecular flexibility index (Phi) is 5.69. The van der Waals surface area contributed by atoms with Gasteiger partial charge in [0.05, 0.1) is 44.5 Å². The van der Waals surface area contributed by atoms with Crippen molar-refractivity contribution in [3.05, 3.63) is 47.7 Å². The van der Waals surface area contributed by atoms with Gasteiger partial charge in [-0.15, -0.1) is 0 Å². The number of benzene rings is 2. The number of aromatic amines is 1. The van der Waals surface area contributed by atoms with Crippen molar-refractivity contribution in [2.75, 3.05) is 39.6 Å². The number of hydrogen-bond donors (Lipinski definition) is 2. The zero-order chi connectivity index (χ0) is 22.8. The fourth-order valence-electron chi connectivity index (χ4n) is 3.47. The Morgan fingerprint density at radius 2 is 1.88 bits per heavy atom. The molecule has 1 aliphatic heterocycles. The van der Waals surface area contributed by atoms with Gasteiger partial charge in [-0.05, 0) is 36.4 Å². The van der Waals surface area contributed by atoms with Gasteiger partial charge in [0.1, 0.15) is 18.3 Å². The van der Waals surface area contributed by atoms with E-state index in [1.807, 2.05) is 0 Å². The van der Waals surface area contributed by atoms with Crippen LogP contribution in [0.15, 0.2) is 47.7 Å². The minimum absolute atomic E-state index is 0.0308. The summed E-state index contributed by atoms with van der Waals surface area (Å²) >= 11 is 0. The van der Waals surface area contributed by atoms with E-state index < -0.39 is 11.9 Å². The molecule has 0 atom stereocenters. The Morgan fingerprint density at radius 3 is 2.59 bits per heavy atom. The summed E-state index contributed by atoms with van der Waals surface area (Å²) in [6, 6.07) is 10.2. The number of methoxy groups -OCH3 is 3. The van der Waals surface area contributed by atoms with E-state index in [4.69, 9.17) is 18.9 Å². The van der Waals surface area contributed by atoms with Gasteiger partial charge in [0.15, 0.2) is 11.5 Å². The number of esters is 2. The maximum Gasteiger partial charge on any atom is 0.355 e. The number of fused-ring (bicyclic) bond motifs is 1. The molecule has 0 saturated heterocycles. The number of phenols is 1. The van der Waals surface area contributed by atoms with Crippen molar-refractivity contribution in [1.82, 2.24) is 9.97 Å². The fourth-order valence-corrected chi connectivity index (χ4v) is 3.47. The predicted molar refractivity (Wildman–Crippen MR) is 114 cm³/mol. The van der Waals surface area contributed by atoms with Crippen LogP contribution in [0.2, 0.25) is 0 Å². The first kappa shape index (κ1) is 21.2. The summed E-state index contributed by atoms with van der Waals surface area (Å²) in [5.41, 5.74) is 2.84. The first-order chi connectivity index (χ1) is 15.5. The van der Waals surface area contributed by atoms with Gasteiger partial charge in [-0.2, -0.15) is 0 Å². The van der Waals surface area contributed by atoms with E-state index in [1.54, 1.807) is 35.2 Å². The first-order valence-electron chi connectivity index (χ1n) is 9.59. The average Bonchev–Trinajstić information content (AvgIpc) is 3.26. The molecule has 2 aromatic carbocycles. The quantitative estimate of drug-likeness (QED) is 0.577. The van der Waals surface area contributed by atoms with Gasteiger partial charge in [-0.1, -0.05) is 0 Å². The van der Waals surface area contributed by atoms with Crippen molar-refractivity contribution in [2.24, 2.45) is 0 Å². The van der Waals surface area contributed by atoms with Crippen LogP contribution in [-0.4, -0.2) is 61.7 Å². The molecule has 0 spiro atoms. The van der Waals surface area contributed by atoms with Crippen molar-refractivity contribution in [3.8, 4) is 22.9 Å². The molecule has 0 bridgehead atoms. The van der Waals surface area contributed by atoms with Crippen molar-refractivity contribution < 1.29 is 33.6 Å². The van der Waals surface area contributed by atoms with Gasteiger partial charge >= 0.3 is 11.9 Å². The Hall–Kier alpha value is -4.05. The first-order valence-corrected chi connectivity index (χ1v) is 9.59. The highest BCUT2D eigenvalue weighted by atomic mass is 16.5. The number of carbonyl (C=O) groups excluding carboxylic acids is 2. The number of H-pyrrole nitrogens is 1. The van der Waals surface area contributed by atoms with Crippen LogP contribution in [0.25, 0.3) is 22.4 Å². The summed E-state index contributed by atoms with van der Waals surface area (Å²) in [6.45, 7) is -0.0146. The molecule has 10 nitrogen and oxygen atoms in total. The molecular weight excluding hydrogens is 418 g/mol. The van der Waals surface area contributed by atoms with Crippen LogP contribution in [0, 0.1) is 0 Å². The topological polar surface area (TPSA) is 123 Å². The van der Waals surface area contributed by atoms with E-state index >= 15 is 0 Å². The highest BCUT2D eigenvalue weighted by molar-refractivity contribution is 6.03.